The third-order valence-electron chi connectivity index (χ3n) is 8.31. The zero-order chi connectivity index (χ0) is 24.6. The Bertz CT molecular complexity index is 1250. The first-order chi connectivity index (χ1) is 17.6. The van der Waals surface area contributed by atoms with Crippen molar-refractivity contribution >= 4 is 23.0 Å². The summed E-state index contributed by atoms with van der Waals surface area (Å²) >= 11 is 0. The first-order valence-corrected chi connectivity index (χ1v) is 13.7. The van der Waals surface area contributed by atoms with Crippen LogP contribution in [0.2, 0.25) is 0 Å². The third-order valence-corrected chi connectivity index (χ3v) is 8.31. The van der Waals surface area contributed by atoms with E-state index in [0.717, 1.165) is 80.5 Å². The average molecular weight is 486 g/mol. The van der Waals surface area contributed by atoms with Crippen LogP contribution in [0.1, 0.15) is 67.8 Å². The quantitative estimate of drug-likeness (QED) is 0.542. The van der Waals surface area contributed by atoms with E-state index in [-0.39, 0.29) is 12.1 Å². The molecule has 2 N–H and O–H groups in total. The molecule has 7 heteroatoms. The monoisotopic (exact) mass is 485 g/mol. The average Bonchev–Trinajstić information content (AvgIpc) is 3.53. The highest BCUT2D eigenvalue weighted by Gasteiger charge is 2.30. The highest BCUT2D eigenvalue weighted by Crippen LogP contribution is 2.38. The predicted molar refractivity (Wildman–Crippen MR) is 147 cm³/mol. The predicted octanol–water partition coefficient (Wildman–Crippen LogP) is 4.63. The van der Waals surface area contributed by atoms with Crippen molar-refractivity contribution in [1.29, 1.82) is 0 Å². The SMILES string of the molecule is C=C1c2ccccc2CCCCCN(C)c2cc(N3CCC(N)C3)nc3cc(nn23)[C@@H]2CCCCN12. The van der Waals surface area contributed by atoms with Gasteiger partial charge in [0, 0.05) is 62.7 Å². The number of rotatable bonds is 1. The van der Waals surface area contributed by atoms with Crippen molar-refractivity contribution in [3.05, 3.63) is 59.8 Å². The van der Waals surface area contributed by atoms with Gasteiger partial charge in [-0.25, -0.2) is 4.98 Å². The summed E-state index contributed by atoms with van der Waals surface area (Å²) in [6, 6.07) is 13.7. The van der Waals surface area contributed by atoms with Gasteiger partial charge >= 0.3 is 0 Å². The fourth-order valence-corrected chi connectivity index (χ4v) is 6.25. The van der Waals surface area contributed by atoms with Gasteiger partial charge in [-0.2, -0.15) is 9.61 Å². The van der Waals surface area contributed by atoms with Crippen molar-refractivity contribution in [3.8, 4) is 0 Å². The molecule has 0 saturated carbocycles. The van der Waals surface area contributed by atoms with Gasteiger partial charge in [0.1, 0.15) is 11.6 Å². The lowest BCUT2D eigenvalue weighted by Gasteiger charge is -2.38. The van der Waals surface area contributed by atoms with E-state index in [0.29, 0.717) is 0 Å². The Balaban J connectivity index is 1.45. The molecule has 1 unspecified atom stereocenters. The maximum atomic E-state index is 6.24. The van der Waals surface area contributed by atoms with E-state index in [1.165, 1.54) is 36.8 Å². The van der Waals surface area contributed by atoms with Gasteiger partial charge in [0.25, 0.3) is 0 Å². The molecule has 3 aromatic rings. The lowest BCUT2D eigenvalue weighted by Crippen LogP contribution is -2.32. The molecule has 7 nitrogen and oxygen atoms in total. The van der Waals surface area contributed by atoms with E-state index in [4.69, 9.17) is 15.8 Å². The zero-order valence-corrected chi connectivity index (χ0v) is 21.6. The van der Waals surface area contributed by atoms with E-state index >= 15 is 0 Å². The first kappa shape index (κ1) is 23.3. The second-order valence-electron chi connectivity index (χ2n) is 10.8. The van der Waals surface area contributed by atoms with Gasteiger partial charge in [0.15, 0.2) is 5.65 Å². The van der Waals surface area contributed by atoms with Crippen molar-refractivity contribution in [1.82, 2.24) is 19.5 Å². The number of nitrogens with two attached hydrogens (primary N) is 1. The molecule has 0 amide bonds. The van der Waals surface area contributed by atoms with E-state index in [1.807, 2.05) is 0 Å². The van der Waals surface area contributed by atoms with Gasteiger partial charge in [-0.3, -0.25) is 0 Å². The van der Waals surface area contributed by atoms with Crippen LogP contribution in [-0.4, -0.2) is 58.8 Å². The second kappa shape index (κ2) is 9.77. The van der Waals surface area contributed by atoms with Crippen LogP contribution in [0.3, 0.4) is 0 Å². The molecular formula is C29H39N7. The van der Waals surface area contributed by atoms with E-state index < -0.39 is 0 Å². The number of hydrogen-bond donors (Lipinski definition) is 1. The van der Waals surface area contributed by atoms with Crippen molar-refractivity contribution in [2.45, 2.75) is 63.5 Å². The second-order valence-corrected chi connectivity index (χ2v) is 10.8. The van der Waals surface area contributed by atoms with Gasteiger partial charge in [0.2, 0.25) is 0 Å². The molecule has 1 aromatic carbocycles. The fraction of sp³-hybridized carbons (Fsp3) is 0.517. The minimum Gasteiger partial charge on any atom is -0.363 e. The summed E-state index contributed by atoms with van der Waals surface area (Å²) in [6.45, 7) is 8.47. The normalized spacial score (nSPS) is 23.5. The number of piperidine rings is 1. The van der Waals surface area contributed by atoms with Crippen LogP contribution in [-0.2, 0) is 6.42 Å². The molecule has 36 heavy (non-hydrogen) atoms. The largest absolute Gasteiger partial charge is 0.363 e. The number of benzene rings is 1. The van der Waals surface area contributed by atoms with E-state index in [1.54, 1.807) is 0 Å². The smallest absolute Gasteiger partial charge is 0.160 e. The molecule has 2 fully saturated rings. The maximum Gasteiger partial charge on any atom is 0.160 e. The molecule has 3 aliphatic rings. The van der Waals surface area contributed by atoms with Crippen LogP contribution >= 0.6 is 0 Å². The van der Waals surface area contributed by atoms with Crippen LogP contribution in [0.4, 0.5) is 11.6 Å². The van der Waals surface area contributed by atoms with Gasteiger partial charge < -0.3 is 20.4 Å². The Kier molecular flexibility index (Phi) is 6.34. The third kappa shape index (κ3) is 4.34. The van der Waals surface area contributed by atoms with Crippen LogP contribution in [0.5, 0.6) is 0 Å². The lowest BCUT2D eigenvalue weighted by atomic mass is 9.94. The summed E-state index contributed by atoms with van der Waals surface area (Å²) in [4.78, 5) is 12.3. The molecule has 5 heterocycles. The molecule has 3 aliphatic heterocycles. The van der Waals surface area contributed by atoms with Crippen molar-refractivity contribution < 1.29 is 0 Å². The van der Waals surface area contributed by atoms with Gasteiger partial charge in [-0.15, -0.1) is 0 Å². The number of anilines is 2. The number of aromatic nitrogens is 3. The Morgan fingerprint density at radius 2 is 1.83 bits per heavy atom. The molecule has 0 aliphatic carbocycles. The van der Waals surface area contributed by atoms with Gasteiger partial charge in [-0.05, 0) is 50.5 Å². The molecule has 6 rings (SSSR count). The Labute approximate surface area is 214 Å². The van der Waals surface area contributed by atoms with E-state index in [2.05, 4.69) is 69.2 Å². The number of hydrogen-bond acceptors (Lipinski definition) is 6. The molecule has 2 saturated heterocycles. The van der Waals surface area contributed by atoms with E-state index in [9.17, 15) is 0 Å². The highest BCUT2D eigenvalue weighted by atomic mass is 15.4. The van der Waals surface area contributed by atoms with Crippen LogP contribution in [0, 0.1) is 0 Å². The van der Waals surface area contributed by atoms with Gasteiger partial charge in [-0.1, -0.05) is 37.3 Å². The van der Waals surface area contributed by atoms with Crippen molar-refractivity contribution in [3.63, 3.8) is 0 Å². The number of fused-ring (bicyclic) bond motifs is 4. The minimum absolute atomic E-state index is 0.216. The van der Waals surface area contributed by atoms with Crippen LogP contribution < -0.4 is 15.5 Å². The molecule has 2 atom stereocenters. The van der Waals surface area contributed by atoms with Gasteiger partial charge in [0.05, 0.1) is 11.7 Å². The minimum atomic E-state index is 0.216. The molecule has 190 valence electrons. The summed E-state index contributed by atoms with van der Waals surface area (Å²) in [5, 5.41) is 5.20. The topological polar surface area (TPSA) is 65.9 Å². The summed E-state index contributed by atoms with van der Waals surface area (Å²) in [5.74, 6) is 2.13. The summed E-state index contributed by atoms with van der Waals surface area (Å²) in [6.07, 6.45) is 9.14. The van der Waals surface area contributed by atoms with Crippen LogP contribution in [0.15, 0.2) is 43.0 Å². The zero-order valence-electron chi connectivity index (χ0n) is 21.6. The lowest BCUT2D eigenvalue weighted by molar-refractivity contribution is 0.226. The standard InChI is InChI=1S/C29H39N7/c1-21-24-12-6-5-11-22(24)10-4-3-8-15-33(2)29-19-27(34-17-14-23(30)20-34)31-28-18-25(32-36(28)29)26-13-7-9-16-35(21)26/h5-6,11-12,18-19,23,26H,1,3-4,7-10,13-17,20,30H2,2H3/t23?,26-/m0/s1. The Hall–Kier alpha value is -3.06. The first-order valence-electron chi connectivity index (χ1n) is 13.7. The molecule has 2 aromatic heterocycles. The van der Waals surface area contributed by atoms with Crippen molar-refractivity contribution in [2.75, 3.05) is 43.0 Å². The summed E-state index contributed by atoms with van der Waals surface area (Å²) < 4.78 is 2.07. The molecule has 0 spiro atoms. The molecule has 0 radical (unpaired) electrons. The fourth-order valence-electron chi connectivity index (χ4n) is 6.25. The summed E-state index contributed by atoms with van der Waals surface area (Å²) in [7, 11) is 2.19. The Morgan fingerprint density at radius 1 is 0.972 bits per heavy atom. The number of nitrogens with zero attached hydrogens (tertiary/aromatic N) is 6. The Morgan fingerprint density at radius 3 is 2.69 bits per heavy atom. The highest BCUT2D eigenvalue weighted by molar-refractivity contribution is 5.66. The molecular weight excluding hydrogens is 446 g/mol. The summed E-state index contributed by atoms with van der Waals surface area (Å²) in [5.41, 5.74) is 12.1. The van der Waals surface area contributed by atoms with Crippen molar-refractivity contribution in [2.24, 2.45) is 5.73 Å². The number of aryl methyl sites for hydroxylation is 1. The molecule has 2 bridgehead atoms. The maximum absolute atomic E-state index is 6.24. The van der Waals surface area contributed by atoms with Crippen LogP contribution in [0.25, 0.3) is 11.3 Å².